The molecule has 2 aromatic rings. The zero-order valence-corrected chi connectivity index (χ0v) is 14.3. The van der Waals surface area contributed by atoms with Crippen molar-refractivity contribution in [3.63, 3.8) is 0 Å². The first-order valence-electron chi connectivity index (χ1n) is 8.08. The van der Waals surface area contributed by atoms with E-state index in [1.165, 1.54) is 35.3 Å². The minimum Gasteiger partial charge on any atom is -0.459 e. The van der Waals surface area contributed by atoms with Crippen molar-refractivity contribution in [2.24, 2.45) is 5.11 Å². The first-order chi connectivity index (χ1) is 13.0. The number of hydrogen-bond acceptors (Lipinski definition) is 7. The molecule has 0 saturated carbocycles. The first kappa shape index (κ1) is 18.4. The molecule has 0 radical (unpaired) electrons. The third kappa shape index (κ3) is 4.05. The highest BCUT2D eigenvalue weighted by atomic mass is 16.6. The molecule has 11 nitrogen and oxygen atoms in total. The summed E-state index contributed by atoms with van der Waals surface area (Å²) in [7, 11) is 0. The molecule has 2 aromatic heterocycles. The van der Waals surface area contributed by atoms with Crippen LogP contribution in [0.1, 0.15) is 28.6 Å². The Kier molecular flexibility index (Phi) is 5.34. The van der Waals surface area contributed by atoms with Crippen molar-refractivity contribution in [3.8, 4) is 0 Å². The molecule has 140 valence electrons. The number of carbonyl (C=O) groups is 1. The van der Waals surface area contributed by atoms with Gasteiger partial charge in [0.2, 0.25) is 0 Å². The molecule has 0 spiro atoms. The predicted octanol–water partition coefficient (Wildman–Crippen LogP) is 1.06. The van der Waals surface area contributed by atoms with E-state index in [1.807, 2.05) is 0 Å². The summed E-state index contributed by atoms with van der Waals surface area (Å²) in [6.07, 6.45) is 3.03. The van der Waals surface area contributed by atoms with Crippen molar-refractivity contribution in [3.05, 3.63) is 73.1 Å². The molecule has 3 heterocycles. The molecule has 3 rings (SSSR count). The molecule has 1 saturated heterocycles. The molecule has 3 atom stereocenters. The number of aromatic amines is 1. The fourth-order valence-corrected chi connectivity index (χ4v) is 2.75. The lowest BCUT2D eigenvalue weighted by Gasteiger charge is -2.16. The average Bonchev–Trinajstić information content (AvgIpc) is 3.06. The number of H-pyrrole nitrogens is 1. The van der Waals surface area contributed by atoms with Gasteiger partial charge in [-0.3, -0.25) is 19.3 Å². The lowest BCUT2D eigenvalue weighted by Crippen LogP contribution is -2.33. The molecule has 1 aliphatic heterocycles. The van der Waals surface area contributed by atoms with E-state index in [4.69, 9.17) is 15.0 Å². The maximum absolute atomic E-state index is 12.0. The number of nitrogens with one attached hydrogen (secondary N) is 1. The Bertz CT molecular complexity index is 994. The van der Waals surface area contributed by atoms with Gasteiger partial charge in [0.15, 0.2) is 0 Å². The van der Waals surface area contributed by atoms with E-state index >= 15 is 0 Å². The van der Waals surface area contributed by atoms with Crippen LogP contribution in [0, 0.1) is 6.92 Å². The van der Waals surface area contributed by atoms with Gasteiger partial charge in [-0.25, -0.2) is 9.59 Å². The number of azide groups is 1. The van der Waals surface area contributed by atoms with Crippen LogP contribution in [0.25, 0.3) is 10.4 Å². The number of rotatable bonds is 5. The Morgan fingerprint density at radius 2 is 2.22 bits per heavy atom. The van der Waals surface area contributed by atoms with Gasteiger partial charge in [0, 0.05) is 35.5 Å². The van der Waals surface area contributed by atoms with E-state index in [-0.39, 0.29) is 13.0 Å². The lowest BCUT2D eigenvalue weighted by molar-refractivity contribution is -0.0363. The molecule has 11 heteroatoms. The minimum atomic E-state index is -0.756. The van der Waals surface area contributed by atoms with E-state index < -0.39 is 35.6 Å². The number of aryl methyl sites for hydroxylation is 1. The summed E-state index contributed by atoms with van der Waals surface area (Å²) in [6, 6.07) is 2.38. The maximum Gasteiger partial charge on any atom is 0.338 e. The third-order valence-electron chi connectivity index (χ3n) is 4.15. The summed E-state index contributed by atoms with van der Waals surface area (Å²) < 4.78 is 12.2. The number of hydrogen-bond donors (Lipinski definition) is 1. The highest BCUT2D eigenvalue weighted by Gasteiger charge is 2.37. The highest BCUT2D eigenvalue weighted by molar-refractivity contribution is 5.89. The van der Waals surface area contributed by atoms with Gasteiger partial charge in [-0.1, -0.05) is 5.11 Å². The molecule has 1 N–H and O–H groups in total. The van der Waals surface area contributed by atoms with Crippen molar-refractivity contribution >= 4 is 5.97 Å². The zero-order valence-electron chi connectivity index (χ0n) is 14.3. The van der Waals surface area contributed by atoms with E-state index in [0.717, 1.165) is 0 Å². The second-order valence-electron chi connectivity index (χ2n) is 5.95. The maximum atomic E-state index is 12.0. The molecule has 27 heavy (non-hydrogen) atoms. The second-order valence-corrected chi connectivity index (χ2v) is 5.95. The van der Waals surface area contributed by atoms with Crippen molar-refractivity contribution in [2.45, 2.75) is 31.7 Å². The Morgan fingerprint density at radius 3 is 2.93 bits per heavy atom. The number of esters is 1. The van der Waals surface area contributed by atoms with E-state index in [2.05, 4.69) is 20.0 Å². The van der Waals surface area contributed by atoms with E-state index in [9.17, 15) is 14.4 Å². The molecular weight excluding hydrogens is 356 g/mol. The molecule has 0 aliphatic carbocycles. The topological polar surface area (TPSA) is 152 Å². The summed E-state index contributed by atoms with van der Waals surface area (Å²) in [5.41, 5.74) is 8.31. The van der Waals surface area contributed by atoms with Crippen LogP contribution in [0.15, 0.2) is 45.4 Å². The molecule has 1 aliphatic rings. The normalized spacial score (nSPS) is 21.4. The number of aromatic nitrogens is 3. The average molecular weight is 372 g/mol. The van der Waals surface area contributed by atoms with Crippen molar-refractivity contribution in [1.82, 2.24) is 14.5 Å². The van der Waals surface area contributed by atoms with Gasteiger partial charge < -0.3 is 9.47 Å². The van der Waals surface area contributed by atoms with Crippen LogP contribution in [0.2, 0.25) is 0 Å². The van der Waals surface area contributed by atoms with Crippen molar-refractivity contribution < 1.29 is 14.3 Å². The summed E-state index contributed by atoms with van der Waals surface area (Å²) in [6.45, 7) is 1.40. The summed E-state index contributed by atoms with van der Waals surface area (Å²) in [5, 5.41) is 3.67. The van der Waals surface area contributed by atoms with Crippen LogP contribution < -0.4 is 11.2 Å². The third-order valence-corrected chi connectivity index (χ3v) is 4.15. The molecule has 0 amide bonds. The van der Waals surface area contributed by atoms with Crippen LogP contribution >= 0.6 is 0 Å². The van der Waals surface area contributed by atoms with Gasteiger partial charge in [0.05, 0.1) is 11.6 Å². The van der Waals surface area contributed by atoms with E-state index in [1.54, 1.807) is 6.92 Å². The number of ether oxygens (including phenoxy) is 2. The molecule has 0 aromatic carbocycles. The highest BCUT2D eigenvalue weighted by Crippen LogP contribution is 2.30. The van der Waals surface area contributed by atoms with Gasteiger partial charge in [-0.05, 0) is 24.6 Å². The Morgan fingerprint density at radius 1 is 1.48 bits per heavy atom. The molecule has 0 unspecified atom stereocenters. The quantitative estimate of drug-likeness (QED) is 0.358. The zero-order chi connectivity index (χ0) is 19.4. The largest absolute Gasteiger partial charge is 0.459 e. The summed E-state index contributed by atoms with van der Waals surface area (Å²) in [4.78, 5) is 44.4. The van der Waals surface area contributed by atoms with Crippen LogP contribution in [-0.4, -0.2) is 39.3 Å². The number of carbonyl (C=O) groups excluding carboxylic acids is 1. The van der Waals surface area contributed by atoms with Gasteiger partial charge >= 0.3 is 11.7 Å². The fraction of sp³-hybridized carbons (Fsp3) is 0.375. The number of nitrogens with zero attached hydrogens (tertiary/aromatic N) is 5. The van der Waals surface area contributed by atoms with Gasteiger partial charge in [0.1, 0.15) is 18.9 Å². The van der Waals surface area contributed by atoms with E-state index in [0.29, 0.717) is 11.1 Å². The van der Waals surface area contributed by atoms with Crippen LogP contribution in [0.4, 0.5) is 0 Å². The van der Waals surface area contributed by atoms with Crippen LogP contribution in [0.3, 0.4) is 0 Å². The Labute approximate surface area is 152 Å². The first-order valence-corrected chi connectivity index (χ1v) is 8.08. The SMILES string of the molecule is Cc1cn([C@H]2C[C@H](N=[N+]=[N-])[C@@H](COC(=O)c3ccncc3)O2)c(=O)[nH]c1=O. The smallest absolute Gasteiger partial charge is 0.338 e. The Balaban J connectivity index is 1.74. The number of pyridine rings is 1. The lowest BCUT2D eigenvalue weighted by atomic mass is 10.1. The second kappa shape index (κ2) is 7.85. The Hall–Kier alpha value is -3.43. The van der Waals surface area contributed by atoms with Crippen molar-refractivity contribution in [1.29, 1.82) is 0 Å². The molecular formula is C16H16N6O5. The minimum absolute atomic E-state index is 0.154. The summed E-state index contributed by atoms with van der Waals surface area (Å²) >= 11 is 0. The van der Waals surface area contributed by atoms with Crippen LogP contribution in [0.5, 0.6) is 0 Å². The van der Waals surface area contributed by atoms with Gasteiger partial charge in [0.25, 0.3) is 5.56 Å². The molecule has 1 fully saturated rings. The monoisotopic (exact) mass is 372 g/mol. The van der Waals surface area contributed by atoms with Crippen molar-refractivity contribution in [2.75, 3.05) is 6.61 Å². The van der Waals surface area contributed by atoms with Gasteiger partial charge in [-0.15, -0.1) is 0 Å². The van der Waals surface area contributed by atoms with Crippen LogP contribution in [-0.2, 0) is 9.47 Å². The van der Waals surface area contributed by atoms with Gasteiger partial charge in [-0.2, -0.15) is 0 Å². The summed E-state index contributed by atoms with van der Waals surface area (Å²) in [5.74, 6) is -0.568. The standard InChI is InChI=1S/C16H16N6O5/c1-9-7-22(16(25)19-14(9)23)13-6-11(20-21-17)12(27-13)8-26-15(24)10-2-4-18-5-3-10/h2-5,7,11-13H,6,8H2,1H3,(H,19,23,25)/t11-,12+,13+/m0/s1. The predicted molar refractivity (Wildman–Crippen MR) is 92.0 cm³/mol. The molecule has 0 bridgehead atoms. The fourth-order valence-electron chi connectivity index (χ4n) is 2.75.